The van der Waals surface area contributed by atoms with Crippen LogP contribution >= 0.6 is 0 Å². The summed E-state index contributed by atoms with van der Waals surface area (Å²) in [4.78, 5) is 10.9. The molecule has 1 aromatic heterocycles. The zero-order valence-corrected chi connectivity index (χ0v) is 10.5. The lowest BCUT2D eigenvalue weighted by Gasteiger charge is -2.06. The van der Waals surface area contributed by atoms with Crippen LogP contribution in [0.5, 0.6) is 5.75 Å². The number of furan rings is 1. The van der Waals surface area contributed by atoms with Gasteiger partial charge in [-0.25, -0.2) is 9.18 Å². The standard InChI is InChI=1S/C14H10FNO4/c1-8-10(14(17)18)5-9(20-8)7-19-13-4-2-3-12(15)11(13)6-16/h2-5H,7H2,1H3,(H,17,18). The molecule has 0 saturated heterocycles. The van der Waals surface area contributed by atoms with Gasteiger partial charge in [0.25, 0.3) is 0 Å². The second-order valence-electron chi connectivity index (χ2n) is 4.00. The van der Waals surface area contributed by atoms with Crippen LogP contribution in [0.4, 0.5) is 4.39 Å². The number of nitrogens with zero attached hydrogens (tertiary/aromatic N) is 1. The normalized spacial score (nSPS) is 10.1. The average Bonchev–Trinajstić information content (AvgIpc) is 2.78. The summed E-state index contributed by atoms with van der Waals surface area (Å²) in [7, 11) is 0. The Balaban J connectivity index is 2.18. The van der Waals surface area contributed by atoms with Crippen molar-refractivity contribution in [1.29, 1.82) is 5.26 Å². The number of rotatable bonds is 4. The average molecular weight is 275 g/mol. The van der Waals surface area contributed by atoms with Crippen molar-refractivity contribution in [3.8, 4) is 11.8 Å². The van der Waals surface area contributed by atoms with Crippen LogP contribution in [0, 0.1) is 24.1 Å². The maximum absolute atomic E-state index is 13.3. The second-order valence-corrected chi connectivity index (χ2v) is 4.00. The van der Waals surface area contributed by atoms with Crippen molar-refractivity contribution < 1.29 is 23.4 Å². The van der Waals surface area contributed by atoms with E-state index in [1.807, 2.05) is 0 Å². The van der Waals surface area contributed by atoms with Crippen molar-refractivity contribution in [2.24, 2.45) is 0 Å². The summed E-state index contributed by atoms with van der Waals surface area (Å²) in [6.07, 6.45) is 0. The first kappa shape index (κ1) is 13.6. The van der Waals surface area contributed by atoms with E-state index in [1.54, 1.807) is 6.07 Å². The lowest BCUT2D eigenvalue weighted by molar-refractivity contribution is 0.0695. The molecule has 0 saturated carbocycles. The third-order valence-electron chi connectivity index (χ3n) is 2.66. The second kappa shape index (κ2) is 5.45. The molecule has 0 unspecified atom stereocenters. The molecule has 0 amide bonds. The number of hydrogen-bond donors (Lipinski definition) is 1. The van der Waals surface area contributed by atoms with E-state index in [0.717, 1.165) is 6.07 Å². The zero-order chi connectivity index (χ0) is 14.7. The highest BCUT2D eigenvalue weighted by molar-refractivity contribution is 5.88. The van der Waals surface area contributed by atoms with Gasteiger partial charge in [-0.2, -0.15) is 5.26 Å². The van der Waals surface area contributed by atoms with Gasteiger partial charge in [0.1, 0.15) is 46.9 Å². The Bertz CT molecular complexity index is 700. The molecule has 1 heterocycles. The molecule has 0 aliphatic heterocycles. The number of carboxylic acids is 1. The fourth-order valence-corrected chi connectivity index (χ4v) is 1.71. The van der Waals surface area contributed by atoms with Crippen molar-refractivity contribution in [2.75, 3.05) is 0 Å². The summed E-state index contributed by atoms with van der Waals surface area (Å²) in [5.41, 5.74) is -0.155. The smallest absolute Gasteiger partial charge is 0.339 e. The number of carboxylic acid groups (broad SMARTS) is 1. The van der Waals surface area contributed by atoms with Crippen LogP contribution in [0.3, 0.4) is 0 Å². The monoisotopic (exact) mass is 275 g/mol. The summed E-state index contributed by atoms with van der Waals surface area (Å²) in [5.74, 6) is -1.14. The number of halogens is 1. The topological polar surface area (TPSA) is 83.5 Å². The molecule has 0 fully saturated rings. The minimum atomic E-state index is -1.10. The van der Waals surface area contributed by atoms with E-state index in [2.05, 4.69) is 0 Å². The number of aromatic carboxylic acids is 1. The maximum atomic E-state index is 13.3. The Labute approximate surface area is 113 Å². The van der Waals surface area contributed by atoms with Gasteiger partial charge in [-0.15, -0.1) is 0 Å². The Morgan fingerprint density at radius 1 is 1.55 bits per heavy atom. The number of hydrogen-bond acceptors (Lipinski definition) is 4. The Morgan fingerprint density at radius 3 is 2.90 bits per heavy atom. The Kier molecular flexibility index (Phi) is 3.71. The van der Waals surface area contributed by atoms with E-state index in [0.29, 0.717) is 0 Å². The largest absolute Gasteiger partial charge is 0.484 e. The van der Waals surface area contributed by atoms with E-state index >= 15 is 0 Å². The molecular weight excluding hydrogens is 265 g/mol. The third-order valence-corrected chi connectivity index (χ3v) is 2.66. The molecule has 2 aromatic rings. The van der Waals surface area contributed by atoms with Gasteiger partial charge < -0.3 is 14.3 Å². The van der Waals surface area contributed by atoms with Gasteiger partial charge in [0.2, 0.25) is 0 Å². The van der Waals surface area contributed by atoms with E-state index < -0.39 is 11.8 Å². The van der Waals surface area contributed by atoms with Crippen LogP contribution in [-0.4, -0.2) is 11.1 Å². The Morgan fingerprint density at radius 2 is 2.30 bits per heavy atom. The van der Waals surface area contributed by atoms with Crippen LogP contribution in [0.25, 0.3) is 0 Å². The molecular formula is C14H10FNO4. The molecule has 0 bridgehead atoms. The lowest BCUT2D eigenvalue weighted by Crippen LogP contribution is -1.98. The molecule has 0 aliphatic carbocycles. The van der Waals surface area contributed by atoms with Crippen LogP contribution in [-0.2, 0) is 6.61 Å². The van der Waals surface area contributed by atoms with Crippen molar-refractivity contribution in [1.82, 2.24) is 0 Å². The molecule has 2 rings (SSSR count). The molecule has 0 radical (unpaired) electrons. The summed E-state index contributed by atoms with van der Waals surface area (Å²) >= 11 is 0. The van der Waals surface area contributed by atoms with Gasteiger partial charge in [0.05, 0.1) is 0 Å². The van der Waals surface area contributed by atoms with E-state index in [-0.39, 0.29) is 35.0 Å². The van der Waals surface area contributed by atoms with E-state index in [9.17, 15) is 9.18 Å². The Hall–Kier alpha value is -2.81. The fraction of sp³-hybridized carbons (Fsp3) is 0.143. The molecule has 102 valence electrons. The van der Waals surface area contributed by atoms with Crippen LogP contribution in [0.15, 0.2) is 28.7 Å². The van der Waals surface area contributed by atoms with Gasteiger partial charge in [0, 0.05) is 0 Å². The zero-order valence-electron chi connectivity index (χ0n) is 10.5. The highest BCUT2D eigenvalue weighted by Gasteiger charge is 2.15. The first-order valence-electron chi connectivity index (χ1n) is 5.67. The van der Waals surface area contributed by atoms with Crippen LogP contribution < -0.4 is 4.74 Å². The molecule has 5 nitrogen and oxygen atoms in total. The van der Waals surface area contributed by atoms with Gasteiger partial charge >= 0.3 is 5.97 Å². The SMILES string of the molecule is Cc1oc(COc2cccc(F)c2C#N)cc1C(=O)O. The van der Waals surface area contributed by atoms with Crippen molar-refractivity contribution in [3.63, 3.8) is 0 Å². The fourth-order valence-electron chi connectivity index (χ4n) is 1.71. The van der Waals surface area contributed by atoms with Gasteiger partial charge in [0.15, 0.2) is 0 Å². The number of aryl methyl sites for hydroxylation is 1. The summed E-state index contributed by atoms with van der Waals surface area (Å²) in [6.45, 7) is 1.43. The molecule has 20 heavy (non-hydrogen) atoms. The van der Waals surface area contributed by atoms with Crippen molar-refractivity contribution in [3.05, 3.63) is 52.7 Å². The molecule has 0 aliphatic rings. The predicted molar refractivity (Wildman–Crippen MR) is 65.9 cm³/mol. The molecule has 1 aromatic carbocycles. The lowest BCUT2D eigenvalue weighted by atomic mass is 10.2. The first-order valence-corrected chi connectivity index (χ1v) is 5.67. The highest BCUT2D eigenvalue weighted by Crippen LogP contribution is 2.22. The van der Waals surface area contributed by atoms with Gasteiger partial charge in [-0.3, -0.25) is 0 Å². The van der Waals surface area contributed by atoms with E-state index in [1.165, 1.54) is 25.1 Å². The molecule has 0 atom stereocenters. The van der Waals surface area contributed by atoms with E-state index in [4.69, 9.17) is 19.5 Å². The van der Waals surface area contributed by atoms with Crippen molar-refractivity contribution >= 4 is 5.97 Å². The maximum Gasteiger partial charge on any atom is 0.339 e. The number of carbonyl (C=O) groups is 1. The number of ether oxygens (including phenoxy) is 1. The molecule has 1 N–H and O–H groups in total. The highest BCUT2D eigenvalue weighted by atomic mass is 19.1. The van der Waals surface area contributed by atoms with Crippen LogP contribution in [0.2, 0.25) is 0 Å². The minimum Gasteiger partial charge on any atom is -0.484 e. The van der Waals surface area contributed by atoms with Gasteiger partial charge in [-0.05, 0) is 25.1 Å². The number of nitriles is 1. The third kappa shape index (κ3) is 2.62. The quantitative estimate of drug-likeness (QED) is 0.927. The molecule has 6 heteroatoms. The molecule has 0 spiro atoms. The minimum absolute atomic E-state index is 0.0448. The number of benzene rings is 1. The van der Waals surface area contributed by atoms with Crippen LogP contribution in [0.1, 0.15) is 27.4 Å². The summed E-state index contributed by atoms with van der Waals surface area (Å²) in [5, 5.41) is 17.7. The summed E-state index contributed by atoms with van der Waals surface area (Å²) in [6, 6.07) is 7.08. The summed E-state index contributed by atoms with van der Waals surface area (Å²) < 4.78 is 23.9. The van der Waals surface area contributed by atoms with Crippen molar-refractivity contribution in [2.45, 2.75) is 13.5 Å². The predicted octanol–water partition coefficient (Wildman–Crippen LogP) is 2.88. The van der Waals surface area contributed by atoms with Gasteiger partial charge in [-0.1, -0.05) is 6.07 Å². The first-order chi connectivity index (χ1) is 9.52.